The Bertz CT molecular complexity index is 647. The SMILES string of the molecule is CC1(C)CCCN(S(=O)(=O)c2cc(N)cc(Cl)c2F)CC1. The molecule has 1 saturated heterocycles. The second kappa shape index (κ2) is 5.74. The number of sulfonamides is 1. The summed E-state index contributed by atoms with van der Waals surface area (Å²) in [5.74, 6) is -0.936. The average molecular weight is 335 g/mol. The van der Waals surface area contributed by atoms with Crippen LogP contribution in [0.25, 0.3) is 0 Å². The third-order valence-electron chi connectivity index (χ3n) is 3.93. The molecular weight excluding hydrogens is 315 g/mol. The van der Waals surface area contributed by atoms with Gasteiger partial charge in [0.15, 0.2) is 5.82 Å². The number of halogens is 2. The van der Waals surface area contributed by atoms with E-state index in [1.165, 1.54) is 10.4 Å². The third kappa shape index (κ3) is 3.49. The molecule has 0 aromatic heterocycles. The van der Waals surface area contributed by atoms with Crippen molar-refractivity contribution < 1.29 is 12.8 Å². The average Bonchev–Trinajstić information content (AvgIpc) is 2.55. The Hall–Kier alpha value is -0.850. The van der Waals surface area contributed by atoms with Gasteiger partial charge in [0.1, 0.15) is 4.90 Å². The van der Waals surface area contributed by atoms with Crippen molar-refractivity contribution in [1.82, 2.24) is 4.31 Å². The van der Waals surface area contributed by atoms with Crippen LogP contribution in [0.15, 0.2) is 17.0 Å². The molecule has 1 aliphatic heterocycles. The lowest BCUT2D eigenvalue weighted by atomic mass is 9.85. The van der Waals surface area contributed by atoms with Crippen LogP contribution in [0.2, 0.25) is 5.02 Å². The predicted octanol–water partition coefficient (Wildman–Crippen LogP) is 3.26. The minimum atomic E-state index is -3.92. The monoisotopic (exact) mass is 334 g/mol. The Morgan fingerprint density at radius 3 is 2.62 bits per heavy atom. The molecule has 7 heteroatoms. The maximum absolute atomic E-state index is 14.1. The standard InChI is InChI=1S/C14H20ClFN2O2S/c1-14(2)4-3-6-18(7-5-14)21(19,20)12-9-10(17)8-11(15)13(12)16/h8-9H,3-7,17H2,1-2H3. The van der Waals surface area contributed by atoms with E-state index in [1.54, 1.807) is 0 Å². The fraction of sp³-hybridized carbons (Fsp3) is 0.571. The Morgan fingerprint density at radius 1 is 1.29 bits per heavy atom. The van der Waals surface area contributed by atoms with Gasteiger partial charge in [-0.05, 0) is 36.8 Å². The van der Waals surface area contributed by atoms with E-state index in [9.17, 15) is 12.8 Å². The molecule has 0 spiro atoms. The van der Waals surface area contributed by atoms with Gasteiger partial charge in [-0.25, -0.2) is 12.8 Å². The van der Waals surface area contributed by atoms with E-state index in [0.29, 0.717) is 13.1 Å². The van der Waals surface area contributed by atoms with Crippen molar-refractivity contribution in [3.8, 4) is 0 Å². The quantitative estimate of drug-likeness (QED) is 0.844. The zero-order chi connectivity index (χ0) is 15.8. The largest absolute Gasteiger partial charge is 0.399 e. The lowest BCUT2D eigenvalue weighted by Gasteiger charge is -2.23. The molecule has 1 fully saturated rings. The second-order valence-electron chi connectivity index (χ2n) is 6.24. The summed E-state index contributed by atoms with van der Waals surface area (Å²) < 4.78 is 40.7. The zero-order valence-electron chi connectivity index (χ0n) is 12.2. The van der Waals surface area contributed by atoms with Crippen LogP contribution in [-0.2, 0) is 10.0 Å². The number of nitrogens with zero attached hydrogens (tertiary/aromatic N) is 1. The summed E-state index contributed by atoms with van der Waals surface area (Å²) in [6.07, 6.45) is 2.44. The van der Waals surface area contributed by atoms with Crippen molar-refractivity contribution in [3.05, 3.63) is 23.0 Å². The molecule has 2 N–H and O–H groups in total. The predicted molar refractivity (Wildman–Crippen MR) is 82.2 cm³/mol. The summed E-state index contributed by atoms with van der Waals surface area (Å²) in [7, 11) is -3.92. The minimum Gasteiger partial charge on any atom is -0.399 e. The fourth-order valence-electron chi connectivity index (χ4n) is 2.55. The minimum absolute atomic E-state index is 0.0934. The van der Waals surface area contributed by atoms with Crippen molar-refractivity contribution in [2.75, 3.05) is 18.8 Å². The smallest absolute Gasteiger partial charge is 0.246 e. The molecule has 0 amide bonds. The third-order valence-corrected chi connectivity index (χ3v) is 6.11. The van der Waals surface area contributed by atoms with Crippen LogP contribution in [0.1, 0.15) is 33.1 Å². The van der Waals surface area contributed by atoms with Crippen LogP contribution in [0, 0.1) is 11.2 Å². The van der Waals surface area contributed by atoms with Gasteiger partial charge in [-0.3, -0.25) is 0 Å². The van der Waals surface area contributed by atoms with Crippen LogP contribution >= 0.6 is 11.6 Å². The first-order valence-electron chi connectivity index (χ1n) is 6.88. The summed E-state index contributed by atoms with van der Waals surface area (Å²) in [4.78, 5) is -0.438. The Kier molecular flexibility index (Phi) is 4.52. The van der Waals surface area contributed by atoms with Crippen LogP contribution in [-0.4, -0.2) is 25.8 Å². The van der Waals surface area contributed by atoms with Crippen LogP contribution in [0.4, 0.5) is 10.1 Å². The van der Waals surface area contributed by atoms with Crippen molar-refractivity contribution in [2.45, 2.75) is 38.0 Å². The molecular formula is C14H20ClFN2O2S. The van der Waals surface area contributed by atoms with Gasteiger partial charge in [-0.15, -0.1) is 0 Å². The molecule has 0 aliphatic carbocycles. The molecule has 21 heavy (non-hydrogen) atoms. The number of hydrogen-bond acceptors (Lipinski definition) is 3. The normalized spacial score (nSPS) is 20.2. The highest BCUT2D eigenvalue weighted by Gasteiger charge is 2.32. The van der Waals surface area contributed by atoms with Gasteiger partial charge in [0, 0.05) is 18.8 Å². The lowest BCUT2D eigenvalue weighted by Crippen LogP contribution is -2.33. The maximum atomic E-state index is 14.1. The summed E-state index contributed by atoms with van der Waals surface area (Å²) in [6.45, 7) is 4.99. The Morgan fingerprint density at radius 2 is 1.95 bits per heavy atom. The molecule has 2 rings (SSSR count). The molecule has 1 aliphatic rings. The molecule has 118 valence electrons. The van der Waals surface area contributed by atoms with Gasteiger partial charge >= 0.3 is 0 Å². The number of nitrogen functional groups attached to an aromatic ring is 1. The van der Waals surface area contributed by atoms with Crippen molar-refractivity contribution in [3.63, 3.8) is 0 Å². The van der Waals surface area contributed by atoms with Gasteiger partial charge in [0.2, 0.25) is 10.0 Å². The van der Waals surface area contributed by atoms with Crippen LogP contribution in [0.3, 0.4) is 0 Å². The van der Waals surface area contributed by atoms with Gasteiger partial charge in [-0.2, -0.15) is 4.31 Å². The molecule has 0 saturated carbocycles. The Balaban J connectivity index is 2.39. The van der Waals surface area contributed by atoms with E-state index < -0.39 is 20.7 Å². The van der Waals surface area contributed by atoms with Crippen molar-refractivity contribution >= 4 is 27.3 Å². The molecule has 0 radical (unpaired) electrons. The van der Waals surface area contributed by atoms with Crippen LogP contribution in [0.5, 0.6) is 0 Å². The molecule has 0 atom stereocenters. The number of anilines is 1. The fourth-order valence-corrected chi connectivity index (χ4v) is 4.43. The number of rotatable bonds is 2. The molecule has 0 unspecified atom stereocenters. The highest BCUT2D eigenvalue weighted by Crippen LogP contribution is 2.33. The highest BCUT2D eigenvalue weighted by atomic mass is 35.5. The second-order valence-corrected chi connectivity index (χ2v) is 8.55. The van der Waals surface area contributed by atoms with Crippen molar-refractivity contribution in [2.24, 2.45) is 5.41 Å². The first-order chi connectivity index (χ1) is 9.63. The maximum Gasteiger partial charge on any atom is 0.246 e. The molecule has 4 nitrogen and oxygen atoms in total. The summed E-state index contributed by atoms with van der Waals surface area (Å²) in [5.41, 5.74) is 5.82. The van der Waals surface area contributed by atoms with Crippen molar-refractivity contribution in [1.29, 1.82) is 0 Å². The molecule has 1 aromatic carbocycles. The number of hydrogen-bond donors (Lipinski definition) is 1. The van der Waals surface area contributed by atoms with Gasteiger partial charge in [-0.1, -0.05) is 25.4 Å². The van der Waals surface area contributed by atoms with Crippen LogP contribution < -0.4 is 5.73 Å². The van der Waals surface area contributed by atoms with E-state index in [0.717, 1.165) is 25.3 Å². The van der Waals surface area contributed by atoms with Gasteiger partial charge in [0.05, 0.1) is 5.02 Å². The molecule has 1 aromatic rings. The first kappa shape index (κ1) is 16.5. The number of nitrogens with two attached hydrogens (primary N) is 1. The molecule has 0 bridgehead atoms. The lowest BCUT2D eigenvalue weighted by molar-refractivity contribution is 0.314. The number of benzene rings is 1. The van der Waals surface area contributed by atoms with E-state index >= 15 is 0 Å². The topological polar surface area (TPSA) is 63.4 Å². The summed E-state index contributed by atoms with van der Waals surface area (Å²) in [6, 6.07) is 2.34. The summed E-state index contributed by atoms with van der Waals surface area (Å²) >= 11 is 5.70. The first-order valence-corrected chi connectivity index (χ1v) is 8.70. The van der Waals surface area contributed by atoms with Gasteiger partial charge in [0.25, 0.3) is 0 Å². The van der Waals surface area contributed by atoms with E-state index in [4.69, 9.17) is 17.3 Å². The van der Waals surface area contributed by atoms with E-state index in [-0.39, 0.29) is 16.1 Å². The van der Waals surface area contributed by atoms with E-state index in [2.05, 4.69) is 13.8 Å². The molecule has 1 heterocycles. The van der Waals surface area contributed by atoms with E-state index in [1.807, 2.05) is 0 Å². The van der Waals surface area contributed by atoms with Gasteiger partial charge < -0.3 is 5.73 Å². The highest BCUT2D eigenvalue weighted by molar-refractivity contribution is 7.89. The Labute approximate surface area is 130 Å². The summed E-state index contributed by atoms with van der Waals surface area (Å²) in [5, 5.41) is -0.274. The zero-order valence-corrected chi connectivity index (χ0v) is 13.8.